The minimum atomic E-state index is 0.00685. The maximum Gasteiger partial charge on any atom is 0.264 e. The summed E-state index contributed by atoms with van der Waals surface area (Å²) in [5, 5.41) is 3.87. The fourth-order valence-corrected chi connectivity index (χ4v) is 3.45. The Labute approximate surface area is 125 Å². The number of fused-ring (bicyclic) bond motifs is 4. The van der Waals surface area contributed by atoms with Crippen molar-refractivity contribution in [2.24, 2.45) is 0 Å². The summed E-state index contributed by atoms with van der Waals surface area (Å²) >= 11 is 0. The van der Waals surface area contributed by atoms with Crippen molar-refractivity contribution in [3.05, 3.63) is 70.5 Å². The van der Waals surface area contributed by atoms with Gasteiger partial charge >= 0.3 is 0 Å². The molecule has 0 saturated carbocycles. The summed E-state index contributed by atoms with van der Waals surface area (Å²) < 4.78 is 1.75. The molecule has 0 aliphatic carbocycles. The third-order valence-corrected chi connectivity index (χ3v) is 4.47. The number of para-hydroxylation sites is 1. The van der Waals surface area contributed by atoms with E-state index in [1.54, 1.807) is 4.40 Å². The molecular formula is C19H12N2O. The van der Waals surface area contributed by atoms with Crippen LogP contribution in [-0.2, 0) is 0 Å². The van der Waals surface area contributed by atoms with Crippen molar-refractivity contribution in [1.29, 1.82) is 0 Å². The molecule has 2 heterocycles. The van der Waals surface area contributed by atoms with Gasteiger partial charge in [0.2, 0.25) is 0 Å². The lowest BCUT2D eigenvalue weighted by Crippen LogP contribution is -2.13. The van der Waals surface area contributed by atoms with Crippen molar-refractivity contribution >= 4 is 38.2 Å². The summed E-state index contributed by atoms with van der Waals surface area (Å²) in [7, 11) is 0. The highest BCUT2D eigenvalue weighted by molar-refractivity contribution is 6.15. The van der Waals surface area contributed by atoms with Gasteiger partial charge in [0.1, 0.15) is 5.65 Å². The molecule has 0 aliphatic rings. The van der Waals surface area contributed by atoms with Gasteiger partial charge in [0.25, 0.3) is 5.56 Å². The van der Waals surface area contributed by atoms with Crippen LogP contribution in [0.5, 0.6) is 0 Å². The van der Waals surface area contributed by atoms with Crippen LogP contribution < -0.4 is 5.56 Å². The van der Waals surface area contributed by atoms with Crippen molar-refractivity contribution in [2.75, 3.05) is 0 Å². The van der Waals surface area contributed by atoms with E-state index in [9.17, 15) is 4.79 Å². The lowest BCUT2D eigenvalue weighted by atomic mass is 10.0. The van der Waals surface area contributed by atoms with Crippen LogP contribution in [0.25, 0.3) is 38.2 Å². The molecule has 22 heavy (non-hydrogen) atoms. The van der Waals surface area contributed by atoms with Crippen LogP contribution in [0, 0.1) is 6.92 Å². The molecular weight excluding hydrogens is 272 g/mol. The molecule has 0 atom stereocenters. The van der Waals surface area contributed by atoms with Crippen LogP contribution in [0.4, 0.5) is 0 Å². The second kappa shape index (κ2) is 3.83. The zero-order valence-electron chi connectivity index (χ0n) is 12.0. The number of rotatable bonds is 0. The van der Waals surface area contributed by atoms with Gasteiger partial charge in [-0.3, -0.25) is 9.20 Å². The molecule has 0 fully saturated rings. The van der Waals surface area contributed by atoms with Gasteiger partial charge in [-0.1, -0.05) is 42.5 Å². The summed E-state index contributed by atoms with van der Waals surface area (Å²) in [6.07, 6.45) is 0. The molecule has 5 rings (SSSR count). The van der Waals surface area contributed by atoms with Crippen molar-refractivity contribution in [3.8, 4) is 0 Å². The third kappa shape index (κ3) is 1.26. The molecule has 0 spiro atoms. The average molecular weight is 284 g/mol. The van der Waals surface area contributed by atoms with Gasteiger partial charge in [-0.15, -0.1) is 0 Å². The Morgan fingerprint density at radius 1 is 0.909 bits per heavy atom. The van der Waals surface area contributed by atoms with Gasteiger partial charge in [0.05, 0.1) is 11.0 Å². The molecule has 2 aromatic heterocycles. The summed E-state index contributed by atoms with van der Waals surface area (Å²) in [5.74, 6) is 0. The quantitative estimate of drug-likeness (QED) is 0.432. The van der Waals surface area contributed by atoms with E-state index in [-0.39, 0.29) is 5.56 Å². The Morgan fingerprint density at radius 3 is 2.45 bits per heavy atom. The lowest BCUT2D eigenvalue weighted by molar-refractivity contribution is 1.19. The van der Waals surface area contributed by atoms with Crippen LogP contribution in [-0.4, -0.2) is 9.38 Å². The van der Waals surface area contributed by atoms with Crippen LogP contribution in [0.2, 0.25) is 0 Å². The minimum absolute atomic E-state index is 0.00685. The van der Waals surface area contributed by atoms with Crippen molar-refractivity contribution in [3.63, 3.8) is 0 Å². The van der Waals surface area contributed by atoms with E-state index < -0.39 is 0 Å². The van der Waals surface area contributed by atoms with E-state index in [0.717, 1.165) is 43.8 Å². The first kappa shape index (κ1) is 11.7. The minimum Gasteiger partial charge on any atom is -0.268 e. The fraction of sp³-hybridized carbons (Fsp3) is 0.0526. The zero-order valence-corrected chi connectivity index (χ0v) is 12.0. The van der Waals surface area contributed by atoms with E-state index in [2.05, 4.69) is 0 Å². The zero-order chi connectivity index (χ0) is 14.8. The number of aryl methyl sites for hydroxylation is 1. The van der Waals surface area contributed by atoms with Gasteiger partial charge in [-0.05, 0) is 30.0 Å². The van der Waals surface area contributed by atoms with E-state index in [4.69, 9.17) is 4.98 Å². The summed E-state index contributed by atoms with van der Waals surface area (Å²) in [6.45, 7) is 2.03. The van der Waals surface area contributed by atoms with Crippen molar-refractivity contribution in [2.45, 2.75) is 6.92 Å². The van der Waals surface area contributed by atoms with Crippen molar-refractivity contribution in [1.82, 2.24) is 9.38 Å². The van der Waals surface area contributed by atoms with Gasteiger partial charge in [0.15, 0.2) is 0 Å². The Bertz CT molecular complexity index is 1250. The van der Waals surface area contributed by atoms with Crippen LogP contribution >= 0.6 is 0 Å². The number of nitrogens with zero attached hydrogens (tertiary/aromatic N) is 2. The lowest BCUT2D eigenvalue weighted by Gasteiger charge is -2.06. The van der Waals surface area contributed by atoms with Gasteiger partial charge in [0, 0.05) is 16.2 Å². The van der Waals surface area contributed by atoms with Crippen molar-refractivity contribution < 1.29 is 0 Å². The molecule has 0 unspecified atom stereocenters. The Hall–Kier alpha value is -2.94. The smallest absolute Gasteiger partial charge is 0.264 e. The van der Waals surface area contributed by atoms with Crippen LogP contribution in [0.15, 0.2) is 59.4 Å². The molecule has 0 aliphatic heterocycles. The first-order valence-corrected chi connectivity index (χ1v) is 7.30. The number of aromatic nitrogens is 2. The van der Waals surface area contributed by atoms with E-state index in [1.165, 1.54) is 0 Å². The molecule has 3 aromatic carbocycles. The Balaban J connectivity index is 2.25. The normalized spacial score (nSPS) is 12.0. The molecule has 0 amide bonds. The molecule has 5 aromatic rings. The molecule has 0 radical (unpaired) electrons. The topological polar surface area (TPSA) is 34.4 Å². The molecule has 0 bridgehead atoms. The molecule has 0 N–H and O–H groups in total. The summed E-state index contributed by atoms with van der Waals surface area (Å²) in [5.41, 5.74) is 3.62. The second-order valence-electron chi connectivity index (χ2n) is 5.73. The van der Waals surface area contributed by atoms with E-state index in [1.807, 2.05) is 61.5 Å². The second-order valence-corrected chi connectivity index (χ2v) is 5.73. The van der Waals surface area contributed by atoms with Gasteiger partial charge in [-0.2, -0.15) is 0 Å². The predicted octanol–water partition coefficient (Wildman–Crippen LogP) is 3.90. The first-order chi connectivity index (χ1) is 10.8. The highest BCUT2D eigenvalue weighted by atomic mass is 16.1. The SMILES string of the molecule is Cc1cccc2c1nc1c3cccc4cccc(c(=O)n21)c43. The number of benzene rings is 3. The first-order valence-electron chi connectivity index (χ1n) is 7.30. The highest BCUT2D eigenvalue weighted by Crippen LogP contribution is 2.29. The summed E-state index contributed by atoms with van der Waals surface area (Å²) in [4.78, 5) is 17.8. The monoisotopic (exact) mass is 284 g/mol. The van der Waals surface area contributed by atoms with Gasteiger partial charge < -0.3 is 0 Å². The fourth-order valence-electron chi connectivity index (χ4n) is 3.45. The number of hydrogen-bond donors (Lipinski definition) is 0. The average Bonchev–Trinajstić information content (AvgIpc) is 2.94. The van der Waals surface area contributed by atoms with Crippen LogP contribution in [0.3, 0.4) is 0 Å². The number of imidazole rings is 1. The standard InChI is InChI=1S/C19H12N2O/c1-11-5-2-10-15-17(11)20-18-13-8-3-6-12-7-4-9-14(16(12)13)19(22)21(15)18/h2-10H,1H3. The van der Waals surface area contributed by atoms with E-state index in [0.29, 0.717) is 0 Å². The van der Waals surface area contributed by atoms with Crippen LogP contribution in [0.1, 0.15) is 5.56 Å². The Morgan fingerprint density at radius 2 is 1.64 bits per heavy atom. The summed E-state index contributed by atoms with van der Waals surface area (Å²) in [6, 6.07) is 18.0. The third-order valence-electron chi connectivity index (χ3n) is 4.47. The highest BCUT2D eigenvalue weighted by Gasteiger charge is 2.15. The van der Waals surface area contributed by atoms with E-state index >= 15 is 0 Å². The molecule has 3 heteroatoms. The van der Waals surface area contributed by atoms with Gasteiger partial charge in [-0.25, -0.2) is 4.98 Å². The maximum absolute atomic E-state index is 13.0. The molecule has 0 saturated heterocycles. The Kier molecular flexibility index (Phi) is 2.03. The molecule has 3 nitrogen and oxygen atoms in total. The molecule has 104 valence electrons. The number of hydrogen-bond acceptors (Lipinski definition) is 2. The number of pyridine rings is 1. The largest absolute Gasteiger partial charge is 0.268 e. The maximum atomic E-state index is 13.0. The predicted molar refractivity (Wildman–Crippen MR) is 89.9 cm³/mol.